The molecule has 0 unspecified atom stereocenters. The number of esters is 1. The van der Waals surface area contributed by atoms with Crippen LogP contribution in [0.15, 0.2) is 64.4 Å². The highest BCUT2D eigenvalue weighted by Crippen LogP contribution is 2.39. The van der Waals surface area contributed by atoms with E-state index < -0.39 is 5.97 Å². The van der Waals surface area contributed by atoms with Crippen LogP contribution in [-0.2, 0) is 9.53 Å². The first-order valence-electron chi connectivity index (χ1n) is 7.86. The van der Waals surface area contributed by atoms with Crippen LogP contribution in [0.5, 0.6) is 5.88 Å². The zero-order valence-electron chi connectivity index (χ0n) is 14.3. The van der Waals surface area contributed by atoms with Crippen LogP contribution < -0.4 is 4.74 Å². The molecule has 0 aliphatic rings. The Kier molecular flexibility index (Phi) is 5.98. The fourth-order valence-corrected chi connectivity index (χ4v) is 3.36. The molecule has 0 aliphatic heterocycles. The summed E-state index contributed by atoms with van der Waals surface area (Å²) in [6.07, 6.45) is 0. The number of benzene rings is 2. The molecule has 3 aromatic rings. The molecule has 3 rings (SSSR count). The van der Waals surface area contributed by atoms with Crippen molar-refractivity contribution in [2.75, 3.05) is 13.7 Å². The highest BCUT2D eigenvalue weighted by Gasteiger charge is 2.22. The van der Waals surface area contributed by atoms with E-state index in [4.69, 9.17) is 21.1 Å². The smallest absolute Gasteiger partial charge is 0.338 e. The van der Waals surface area contributed by atoms with Crippen molar-refractivity contribution in [3.05, 3.63) is 65.3 Å². The maximum atomic E-state index is 12.0. The van der Waals surface area contributed by atoms with Gasteiger partial charge in [-0.15, -0.1) is 0 Å². The van der Waals surface area contributed by atoms with Gasteiger partial charge in [0.15, 0.2) is 0 Å². The molecular formula is C19H17ClN2O3S. The standard InChI is InChI=1S/C19H17ClN2O3S/c1-13-18(26-16-10-8-14(20)9-11-16)19(25-17(23)12-24-2)22(21-13)15-6-4-3-5-7-15/h3-11H,12H2,1-2H3. The van der Waals surface area contributed by atoms with Crippen LogP contribution in [0.4, 0.5) is 0 Å². The average Bonchev–Trinajstić information content (AvgIpc) is 2.94. The SMILES string of the molecule is COCC(=O)Oc1c(Sc2ccc(Cl)cc2)c(C)nn1-c1ccccc1. The molecule has 134 valence electrons. The maximum absolute atomic E-state index is 12.0. The monoisotopic (exact) mass is 388 g/mol. The molecule has 0 radical (unpaired) electrons. The molecule has 0 atom stereocenters. The summed E-state index contributed by atoms with van der Waals surface area (Å²) in [5, 5.41) is 5.22. The van der Waals surface area contributed by atoms with Crippen LogP contribution >= 0.6 is 23.4 Å². The zero-order valence-corrected chi connectivity index (χ0v) is 15.9. The van der Waals surface area contributed by atoms with Crippen LogP contribution in [0.1, 0.15) is 5.69 Å². The summed E-state index contributed by atoms with van der Waals surface area (Å²) in [7, 11) is 1.45. The highest BCUT2D eigenvalue weighted by molar-refractivity contribution is 7.99. The molecule has 1 heterocycles. The van der Waals surface area contributed by atoms with E-state index in [1.807, 2.05) is 61.5 Å². The molecule has 0 fully saturated rings. The van der Waals surface area contributed by atoms with Gasteiger partial charge in [0, 0.05) is 17.0 Å². The molecular weight excluding hydrogens is 372 g/mol. The first-order chi connectivity index (χ1) is 12.6. The molecule has 0 N–H and O–H groups in total. The normalized spacial score (nSPS) is 10.7. The summed E-state index contributed by atoms with van der Waals surface area (Å²) in [5.74, 6) is -0.113. The maximum Gasteiger partial charge on any atom is 0.338 e. The van der Waals surface area contributed by atoms with Gasteiger partial charge in [0.2, 0.25) is 5.88 Å². The summed E-state index contributed by atoms with van der Waals surface area (Å²) in [6.45, 7) is 1.75. The number of methoxy groups -OCH3 is 1. The number of hydrogen-bond acceptors (Lipinski definition) is 5. The van der Waals surface area contributed by atoms with Crippen LogP contribution in [0, 0.1) is 6.92 Å². The van der Waals surface area contributed by atoms with E-state index in [9.17, 15) is 4.79 Å². The van der Waals surface area contributed by atoms with E-state index in [1.165, 1.54) is 18.9 Å². The number of nitrogens with zero attached hydrogens (tertiary/aromatic N) is 2. The van der Waals surface area contributed by atoms with Crippen molar-refractivity contribution in [3.8, 4) is 11.6 Å². The molecule has 0 bridgehead atoms. The predicted octanol–water partition coefficient (Wildman–Crippen LogP) is 4.54. The van der Waals surface area contributed by atoms with Crippen LogP contribution in [-0.4, -0.2) is 29.5 Å². The number of rotatable bonds is 6. The lowest BCUT2D eigenvalue weighted by Crippen LogP contribution is -2.16. The van der Waals surface area contributed by atoms with E-state index in [0.29, 0.717) is 10.9 Å². The van der Waals surface area contributed by atoms with E-state index in [0.717, 1.165) is 21.2 Å². The Hall–Kier alpha value is -2.28. The van der Waals surface area contributed by atoms with Crippen LogP contribution in [0.25, 0.3) is 5.69 Å². The Morgan fingerprint density at radius 1 is 1.15 bits per heavy atom. The molecule has 0 spiro atoms. The van der Waals surface area contributed by atoms with E-state index in [-0.39, 0.29) is 6.61 Å². The lowest BCUT2D eigenvalue weighted by Gasteiger charge is -2.10. The number of hydrogen-bond donors (Lipinski definition) is 0. The number of aryl methyl sites for hydroxylation is 1. The number of aromatic nitrogens is 2. The van der Waals surface area contributed by atoms with Gasteiger partial charge in [-0.2, -0.15) is 9.78 Å². The van der Waals surface area contributed by atoms with Gasteiger partial charge < -0.3 is 9.47 Å². The van der Waals surface area contributed by atoms with Gasteiger partial charge in [0.25, 0.3) is 0 Å². The summed E-state index contributed by atoms with van der Waals surface area (Å²) < 4.78 is 12.1. The highest BCUT2D eigenvalue weighted by atomic mass is 35.5. The number of para-hydroxylation sites is 1. The van der Waals surface area contributed by atoms with Gasteiger partial charge in [-0.05, 0) is 43.3 Å². The largest absolute Gasteiger partial charge is 0.404 e. The fraction of sp³-hybridized carbons (Fsp3) is 0.158. The lowest BCUT2D eigenvalue weighted by atomic mass is 10.3. The van der Waals surface area contributed by atoms with Gasteiger partial charge in [0.1, 0.15) is 6.61 Å². The van der Waals surface area contributed by atoms with Gasteiger partial charge in [-0.1, -0.05) is 41.6 Å². The fourth-order valence-electron chi connectivity index (χ4n) is 2.32. The quantitative estimate of drug-likeness (QED) is 0.580. The molecule has 7 heteroatoms. The molecule has 0 amide bonds. The first kappa shape index (κ1) is 18.5. The van der Waals surface area contributed by atoms with Crippen molar-refractivity contribution in [2.45, 2.75) is 16.7 Å². The minimum absolute atomic E-state index is 0.135. The number of halogens is 1. The Labute approximate surface area is 160 Å². The Morgan fingerprint density at radius 3 is 2.50 bits per heavy atom. The van der Waals surface area contributed by atoms with Crippen LogP contribution in [0.2, 0.25) is 5.02 Å². The molecule has 0 saturated carbocycles. The molecule has 1 aromatic heterocycles. The summed E-state index contributed by atoms with van der Waals surface area (Å²) in [6, 6.07) is 17.0. The Bertz CT molecular complexity index is 895. The summed E-state index contributed by atoms with van der Waals surface area (Å²) in [4.78, 5) is 13.8. The molecule has 0 aliphatic carbocycles. The van der Waals surface area contributed by atoms with E-state index in [1.54, 1.807) is 4.68 Å². The number of carbonyl (C=O) groups excluding carboxylic acids is 1. The Balaban J connectivity index is 2.03. The Morgan fingerprint density at radius 2 is 1.85 bits per heavy atom. The number of carbonyl (C=O) groups is 1. The topological polar surface area (TPSA) is 53.4 Å². The lowest BCUT2D eigenvalue weighted by molar-refractivity contribution is -0.139. The third-order valence-electron chi connectivity index (χ3n) is 3.47. The van der Waals surface area contributed by atoms with Gasteiger partial charge >= 0.3 is 5.97 Å². The molecule has 26 heavy (non-hydrogen) atoms. The second-order valence-corrected chi connectivity index (χ2v) is 6.95. The minimum atomic E-state index is -0.484. The van der Waals surface area contributed by atoms with E-state index >= 15 is 0 Å². The average molecular weight is 389 g/mol. The van der Waals surface area contributed by atoms with Crippen molar-refractivity contribution in [2.24, 2.45) is 0 Å². The van der Waals surface area contributed by atoms with Crippen LogP contribution in [0.3, 0.4) is 0 Å². The molecule has 2 aromatic carbocycles. The van der Waals surface area contributed by atoms with Gasteiger partial charge in [-0.25, -0.2) is 4.79 Å². The van der Waals surface area contributed by atoms with Crippen molar-refractivity contribution in [3.63, 3.8) is 0 Å². The van der Waals surface area contributed by atoms with Gasteiger partial charge in [-0.3, -0.25) is 0 Å². The van der Waals surface area contributed by atoms with E-state index in [2.05, 4.69) is 5.10 Å². The van der Waals surface area contributed by atoms with Crippen molar-refractivity contribution < 1.29 is 14.3 Å². The summed E-state index contributed by atoms with van der Waals surface area (Å²) in [5.41, 5.74) is 1.56. The second-order valence-electron chi connectivity index (χ2n) is 5.43. The zero-order chi connectivity index (χ0) is 18.5. The predicted molar refractivity (Wildman–Crippen MR) is 101 cm³/mol. The molecule has 0 saturated heterocycles. The molecule has 5 nitrogen and oxygen atoms in total. The van der Waals surface area contributed by atoms with Crippen molar-refractivity contribution in [1.82, 2.24) is 9.78 Å². The van der Waals surface area contributed by atoms with Crippen molar-refractivity contribution >= 4 is 29.3 Å². The third-order valence-corrected chi connectivity index (χ3v) is 4.91. The summed E-state index contributed by atoms with van der Waals surface area (Å²) >= 11 is 7.42. The number of ether oxygens (including phenoxy) is 2. The second kappa shape index (κ2) is 8.40. The van der Waals surface area contributed by atoms with Gasteiger partial charge in [0.05, 0.1) is 16.3 Å². The minimum Gasteiger partial charge on any atom is -0.404 e. The first-order valence-corrected chi connectivity index (χ1v) is 9.06. The third kappa shape index (κ3) is 4.27. The van der Waals surface area contributed by atoms with Crippen molar-refractivity contribution in [1.29, 1.82) is 0 Å².